The van der Waals surface area contributed by atoms with Gasteiger partial charge in [0.25, 0.3) is 0 Å². The first-order chi connectivity index (χ1) is 12.5. The van der Waals surface area contributed by atoms with Gasteiger partial charge in [-0.25, -0.2) is 4.79 Å². The van der Waals surface area contributed by atoms with Crippen molar-refractivity contribution in [3.05, 3.63) is 29.8 Å². The Bertz CT molecular complexity index is 688. The van der Waals surface area contributed by atoms with E-state index in [4.69, 9.17) is 4.74 Å². The molecule has 7 nitrogen and oxygen atoms in total. The first kappa shape index (κ1) is 18.4. The smallest absolute Gasteiger partial charge is 0.328 e. The Morgan fingerprint density at radius 1 is 1.27 bits per heavy atom. The zero-order valence-corrected chi connectivity index (χ0v) is 14.9. The Morgan fingerprint density at radius 3 is 2.65 bits per heavy atom. The topological polar surface area (TPSA) is 87.2 Å². The van der Waals surface area contributed by atoms with Gasteiger partial charge in [-0.3, -0.25) is 9.59 Å². The van der Waals surface area contributed by atoms with Gasteiger partial charge >= 0.3 is 5.97 Å². The van der Waals surface area contributed by atoms with E-state index in [9.17, 15) is 19.5 Å². The summed E-state index contributed by atoms with van der Waals surface area (Å²) in [4.78, 5) is 39.6. The lowest BCUT2D eigenvalue weighted by atomic mass is 10.1. The van der Waals surface area contributed by atoms with E-state index >= 15 is 0 Å². The lowest BCUT2D eigenvalue weighted by Gasteiger charge is -2.34. The highest BCUT2D eigenvalue weighted by molar-refractivity contribution is 6.00. The van der Waals surface area contributed by atoms with Gasteiger partial charge in [0.1, 0.15) is 0 Å². The van der Waals surface area contributed by atoms with Crippen LogP contribution in [0.15, 0.2) is 24.3 Å². The maximum absolute atomic E-state index is 12.8. The Hall–Kier alpha value is -2.41. The van der Waals surface area contributed by atoms with Crippen molar-refractivity contribution >= 4 is 23.5 Å². The Labute approximate surface area is 152 Å². The van der Waals surface area contributed by atoms with E-state index in [0.29, 0.717) is 6.61 Å². The summed E-state index contributed by atoms with van der Waals surface area (Å²) in [5.41, 5.74) is 2.00. The van der Waals surface area contributed by atoms with E-state index < -0.39 is 17.9 Å². The molecule has 2 aliphatic rings. The average molecular weight is 360 g/mol. The molecule has 3 rings (SSSR count). The average Bonchev–Trinajstić information content (AvgIpc) is 3.03. The molecule has 26 heavy (non-hydrogen) atoms. The van der Waals surface area contributed by atoms with Gasteiger partial charge in [-0.1, -0.05) is 25.5 Å². The molecule has 7 heteroatoms. The molecule has 0 bridgehead atoms. The molecule has 2 atom stereocenters. The number of aliphatic carboxylic acids is 1. The number of ether oxygens (including phenoxy) is 1. The van der Waals surface area contributed by atoms with Crippen molar-refractivity contribution in [1.82, 2.24) is 4.90 Å². The number of rotatable bonds is 5. The fraction of sp³-hybridized carbons (Fsp3) is 0.526. The molecule has 2 fully saturated rings. The maximum Gasteiger partial charge on any atom is 0.328 e. The first-order valence-electron chi connectivity index (χ1n) is 9.01. The Morgan fingerprint density at radius 2 is 2.00 bits per heavy atom. The van der Waals surface area contributed by atoms with Crippen LogP contribution in [-0.4, -0.2) is 60.1 Å². The first-order valence-corrected chi connectivity index (χ1v) is 9.01. The van der Waals surface area contributed by atoms with Gasteiger partial charge in [-0.15, -0.1) is 0 Å². The van der Waals surface area contributed by atoms with E-state index in [1.54, 1.807) is 4.90 Å². The van der Waals surface area contributed by atoms with Crippen LogP contribution in [-0.2, 0) is 25.5 Å². The quantitative estimate of drug-likeness (QED) is 0.855. The minimum absolute atomic E-state index is 0.00958. The molecule has 1 aromatic carbocycles. The fourth-order valence-electron chi connectivity index (χ4n) is 3.56. The van der Waals surface area contributed by atoms with Crippen molar-refractivity contribution in [2.24, 2.45) is 5.92 Å². The van der Waals surface area contributed by atoms with Crippen LogP contribution in [0.1, 0.15) is 25.3 Å². The van der Waals surface area contributed by atoms with Crippen molar-refractivity contribution in [3.8, 4) is 0 Å². The van der Waals surface area contributed by atoms with Crippen molar-refractivity contribution < 1.29 is 24.2 Å². The van der Waals surface area contributed by atoms with Crippen molar-refractivity contribution in [3.63, 3.8) is 0 Å². The van der Waals surface area contributed by atoms with Gasteiger partial charge in [0.15, 0.2) is 6.04 Å². The molecule has 140 valence electrons. The molecule has 2 aliphatic heterocycles. The maximum atomic E-state index is 12.8. The number of carboxylic acid groups (broad SMARTS) is 1. The lowest BCUT2D eigenvalue weighted by molar-refractivity contribution is -0.160. The molecule has 2 heterocycles. The third-order valence-corrected chi connectivity index (χ3v) is 4.96. The standard InChI is InChI=1S/C19H24N2O5/c1-2-3-13-4-6-15(7-5-13)21-11-14(10-17(21)22)18(23)20-8-9-26-12-16(20)19(24)25/h4-7,14,16H,2-3,8-12H2,1H3,(H,24,25). The number of carbonyl (C=O) groups is 3. The largest absolute Gasteiger partial charge is 0.480 e. The van der Waals surface area contributed by atoms with Crippen LogP contribution >= 0.6 is 0 Å². The van der Waals surface area contributed by atoms with E-state index in [1.165, 1.54) is 10.5 Å². The predicted octanol–water partition coefficient (Wildman–Crippen LogP) is 1.30. The summed E-state index contributed by atoms with van der Waals surface area (Å²) in [7, 11) is 0. The molecule has 1 N–H and O–H groups in total. The second-order valence-corrected chi connectivity index (χ2v) is 6.78. The minimum atomic E-state index is -1.08. The van der Waals surface area contributed by atoms with Crippen LogP contribution in [0, 0.1) is 5.92 Å². The number of aryl methyl sites for hydroxylation is 1. The highest BCUT2D eigenvalue weighted by Crippen LogP contribution is 2.27. The van der Waals surface area contributed by atoms with Crippen molar-refractivity contribution in [2.75, 3.05) is 31.2 Å². The highest BCUT2D eigenvalue weighted by Gasteiger charge is 2.41. The Balaban J connectivity index is 1.70. The summed E-state index contributed by atoms with van der Waals surface area (Å²) in [5.74, 6) is -1.98. The molecule has 0 aliphatic carbocycles. The number of carbonyl (C=O) groups excluding carboxylic acids is 2. The molecular formula is C19H24N2O5. The summed E-state index contributed by atoms with van der Waals surface area (Å²) in [6.45, 7) is 2.95. The number of amides is 2. The SMILES string of the molecule is CCCc1ccc(N2CC(C(=O)N3CCOCC3C(=O)O)CC2=O)cc1. The number of hydrogen-bond acceptors (Lipinski definition) is 4. The van der Waals surface area contributed by atoms with Gasteiger partial charge < -0.3 is 19.6 Å². The number of nitrogens with zero attached hydrogens (tertiary/aromatic N) is 2. The summed E-state index contributed by atoms with van der Waals surface area (Å²) in [5, 5.41) is 9.30. The van der Waals surface area contributed by atoms with Gasteiger partial charge in [-0.2, -0.15) is 0 Å². The Kier molecular flexibility index (Phi) is 5.56. The van der Waals surface area contributed by atoms with E-state index in [0.717, 1.165) is 18.5 Å². The molecule has 0 radical (unpaired) electrons. The van der Waals surface area contributed by atoms with Gasteiger partial charge in [0.2, 0.25) is 11.8 Å². The molecular weight excluding hydrogens is 336 g/mol. The summed E-state index contributed by atoms with van der Waals surface area (Å²) < 4.78 is 5.18. The molecule has 2 saturated heterocycles. The molecule has 0 aromatic heterocycles. The minimum Gasteiger partial charge on any atom is -0.480 e. The van der Waals surface area contributed by atoms with Crippen LogP contribution in [0.25, 0.3) is 0 Å². The second kappa shape index (κ2) is 7.86. The normalized spacial score (nSPS) is 23.3. The number of hydrogen-bond donors (Lipinski definition) is 1. The second-order valence-electron chi connectivity index (χ2n) is 6.78. The number of anilines is 1. The number of carboxylic acids is 1. The van der Waals surface area contributed by atoms with Gasteiger partial charge in [0, 0.05) is 25.2 Å². The van der Waals surface area contributed by atoms with Gasteiger partial charge in [0.05, 0.1) is 19.1 Å². The highest BCUT2D eigenvalue weighted by atomic mass is 16.5. The van der Waals surface area contributed by atoms with E-state index in [2.05, 4.69) is 6.92 Å². The zero-order chi connectivity index (χ0) is 18.7. The van der Waals surface area contributed by atoms with E-state index in [-0.39, 0.29) is 37.9 Å². The molecule has 2 amide bonds. The molecule has 0 spiro atoms. The number of morpholine rings is 1. The van der Waals surface area contributed by atoms with Gasteiger partial charge in [-0.05, 0) is 24.1 Å². The summed E-state index contributed by atoms with van der Waals surface area (Å²) >= 11 is 0. The predicted molar refractivity (Wildman–Crippen MR) is 94.9 cm³/mol. The van der Waals surface area contributed by atoms with Crippen LogP contribution in [0.3, 0.4) is 0 Å². The van der Waals surface area contributed by atoms with Crippen LogP contribution in [0.5, 0.6) is 0 Å². The fourth-order valence-corrected chi connectivity index (χ4v) is 3.56. The zero-order valence-electron chi connectivity index (χ0n) is 14.9. The molecule has 2 unspecified atom stereocenters. The van der Waals surface area contributed by atoms with E-state index in [1.807, 2.05) is 24.3 Å². The van der Waals surface area contributed by atoms with Crippen LogP contribution in [0.4, 0.5) is 5.69 Å². The van der Waals surface area contributed by atoms with Crippen LogP contribution in [0.2, 0.25) is 0 Å². The van der Waals surface area contributed by atoms with Crippen molar-refractivity contribution in [1.29, 1.82) is 0 Å². The summed E-state index contributed by atoms with van der Waals surface area (Å²) in [6.07, 6.45) is 2.16. The van der Waals surface area contributed by atoms with Crippen molar-refractivity contribution in [2.45, 2.75) is 32.2 Å². The van der Waals surface area contributed by atoms with Crippen LogP contribution < -0.4 is 4.90 Å². The lowest BCUT2D eigenvalue weighted by Crippen LogP contribution is -2.54. The summed E-state index contributed by atoms with van der Waals surface area (Å²) in [6, 6.07) is 6.84. The number of benzene rings is 1. The third kappa shape index (κ3) is 3.72. The third-order valence-electron chi connectivity index (χ3n) is 4.96. The monoisotopic (exact) mass is 360 g/mol. The molecule has 1 aromatic rings. The molecule has 0 saturated carbocycles.